The fourth-order valence-corrected chi connectivity index (χ4v) is 3.60. The van der Waals surface area contributed by atoms with Crippen LogP contribution in [-0.2, 0) is 11.2 Å². The van der Waals surface area contributed by atoms with Gasteiger partial charge in [-0.3, -0.25) is 4.79 Å². The summed E-state index contributed by atoms with van der Waals surface area (Å²) in [4.78, 5) is 12.7. The Kier molecular flexibility index (Phi) is 3.34. The Morgan fingerprint density at radius 1 is 0.870 bits per heavy atom. The first-order valence-corrected chi connectivity index (χ1v) is 8.02. The average Bonchev–Trinajstić information content (AvgIpc) is 2.59. The lowest BCUT2D eigenvalue weighted by Crippen LogP contribution is -2.19. The van der Waals surface area contributed by atoms with Crippen molar-refractivity contribution in [2.24, 2.45) is 0 Å². The molecule has 1 unspecified atom stereocenters. The summed E-state index contributed by atoms with van der Waals surface area (Å²) >= 11 is 0. The molecule has 0 bridgehead atoms. The van der Waals surface area contributed by atoms with Crippen molar-refractivity contribution in [3.05, 3.63) is 89.5 Å². The van der Waals surface area contributed by atoms with E-state index >= 15 is 0 Å². The van der Waals surface area contributed by atoms with Crippen LogP contribution in [0.1, 0.15) is 29.5 Å². The van der Waals surface area contributed by atoms with Crippen molar-refractivity contribution in [2.45, 2.75) is 19.3 Å². The quantitative estimate of drug-likeness (QED) is 0.639. The van der Waals surface area contributed by atoms with Crippen molar-refractivity contribution >= 4 is 22.1 Å². The van der Waals surface area contributed by atoms with Crippen LogP contribution in [-0.4, -0.2) is 5.78 Å². The van der Waals surface area contributed by atoms with E-state index in [0.717, 1.165) is 12.0 Å². The molecule has 1 nitrogen and oxygen atoms in total. The van der Waals surface area contributed by atoms with Crippen molar-refractivity contribution in [3.8, 4) is 0 Å². The van der Waals surface area contributed by atoms with E-state index in [4.69, 9.17) is 0 Å². The minimum absolute atomic E-state index is 0.0952. The zero-order valence-corrected chi connectivity index (χ0v) is 13.1. The van der Waals surface area contributed by atoms with Gasteiger partial charge in [-0.1, -0.05) is 66.7 Å². The molecule has 0 saturated heterocycles. The van der Waals surface area contributed by atoms with Crippen molar-refractivity contribution in [2.75, 3.05) is 0 Å². The van der Waals surface area contributed by atoms with Gasteiger partial charge in [0.1, 0.15) is 0 Å². The lowest BCUT2D eigenvalue weighted by Gasteiger charge is -2.25. The minimum atomic E-state index is -0.0952. The highest BCUT2D eigenvalue weighted by atomic mass is 16.1. The topological polar surface area (TPSA) is 17.1 Å². The first-order chi connectivity index (χ1) is 11.2. The summed E-state index contributed by atoms with van der Waals surface area (Å²) < 4.78 is 0. The minimum Gasteiger partial charge on any atom is -0.294 e. The van der Waals surface area contributed by atoms with E-state index in [1.54, 1.807) is 0 Å². The highest BCUT2D eigenvalue weighted by Gasteiger charge is 2.28. The molecule has 1 heteroatoms. The van der Waals surface area contributed by atoms with Gasteiger partial charge in [-0.2, -0.15) is 0 Å². The van der Waals surface area contributed by atoms with Crippen molar-refractivity contribution < 1.29 is 4.79 Å². The van der Waals surface area contributed by atoms with E-state index in [1.165, 1.54) is 27.5 Å². The number of allylic oxidation sites excluding steroid dienone is 2. The maximum absolute atomic E-state index is 12.7. The zero-order valence-electron chi connectivity index (χ0n) is 13.1. The molecule has 0 amide bonds. The number of hydrogen-bond acceptors (Lipinski definition) is 1. The zero-order chi connectivity index (χ0) is 15.8. The molecule has 1 atom stereocenters. The summed E-state index contributed by atoms with van der Waals surface area (Å²) in [6.45, 7) is 2.03. The molecule has 112 valence electrons. The molecule has 1 aliphatic carbocycles. The smallest absolute Gasteiger partial charge is 0.163 e. The Morgan fingerprint density at radius 3 is 2.43 bits per heavy atom. The van der Waals surface area contributed by atoms with Gasteiger partial charge in [-0.25, -0.2) is 0 Å². The SMILES string of the molecule is CC1=CC(=O)C(Cc2ccccc2)c2c1ccc1ccccc21. The second kappa shape index (κ2) is 5.51. The monoisotopic (exact) mass is 298 g/mol. The molecule has 0 saturated carbocycles. The van der Waals surface area contributed by atoms with Crippen LogP contribution < -0.4 is 0 Å². The highest BCUT2D eigenvalue weighted by molar-refractivity contribution is 6.08. The molecule has 0 aromatic heterocycles. The Morgan fingerprint density at radius 2 is 1.61 bits per heavy atom. The van der Waals surface area contributed by atoms with Crippen LogP contribution in [0.4, 0.5) is 0 Å². The summed E-state index contributed by atoms with van der Waals surface area (Å²) in [6.07, 6.45) is 2.56. The van der Waals surface area contributed by atoms with Gasteiger partial charge >= 0.3 is 0 Å². The number of rotatable bonds is 2. The Balaban J connectivity index is 1.92. The molecular formula is C22H18O. The van der Waals surface area contributed by atoms with Crippen molar-refractivity contribution in [1.82, 2.24) is 0 Å². The third-order valence-electron chi connectivity index (χ3n) is 4.73. The van der Waals surface area contributed by atoms with E-state index in [0.29, 0.717) is 0 Å². The summed E-state index contributed by atoms with van der Waals surface area (Å²) in [5.74, 6) is 0.123. The molecule has 3 aromatic carbocycles. The number of carbonyl (C=O) groups is 1. The van der Waals surface area contributed by atoms with Gasteiger partial charge in [0.05, 0.1) is 5.92 Å². The largest absolute Gasteiger partial charge is 0.294 e. The second-order valence-electron chi connectivity index (χ2n) is 6.22. The molecule has 0 heterocycles. The first kappa shape index (κ1) is 14.0. The van der Waals surface area contributed by atoms with Crippen LogP contribution in [0.15, 0.2) is 72.8 Å². The van der Waals surface area contributed by atoms with E-state index in [-0.39, 0.29) is 11.7 Å². The molecule has 0 spiro atoms. The fourth-order valence-electron chi connectivity index (χ4n) is 3.60. The second-order valence-corrected chi connectivity index (χ2v) is 6.22. The maximum Gasteiger partial charge on any atom is 0.163 e. The van der Waals surface area contributed by atoms with Gasteiger partial charge in [0.2, 0.25) is 0 Å². The number of hydrogen-bond donors (Lipinski definition) is 0. The van der Waals surface area contributed by atoms with Crippen LogP contribution >= 0.6 is 0 Å². The molecular weight excluding hydrogens is 280 g/mol. The van der Waals surface area contributed by atoms with E-state index in [2.05, 4.69) is 42.5 Å². The van der Waals surface area contributed by atoms with Gasteiger partial charge < -0.3 is 0 Å². The van der Waals surface area contributed by atoms with Crippen molar-refractivity contribution in [3.63, 3.8) is 0 Å². The number of ketones is 1. The summed E-state index contributed by atoms with van der Waals surface area (Å²) in [5.41, 5.74) is 4.68. The van der Waals surface area contributed by atoms with Crippen LogP contribution in [0.3, 0.4) is 0 Å². The predicted octanol–water partition coefficient (Wildman–Crippen LogP) is 5.15. The first-order valence-electron chi connectivity index (χ1n) is 8.02. The Bertz CT molecular complexity index is 919. The lowest BCUT2D eigenvalue weighted by molar-refractivity contribution is -0.116. The number of fused-ring (bicyclic) bond motifs is 3. The van der Waals surface area contributed by atoms with Gasteiger partial charge in [0.15, 0.2) is 5.78 Å². The average molecular weight is 298 g/mol. The summed E-state index contributed by atoms with van der Waals surface area (Å²) in [5, 5.41) is 2.40. The Hall–Kier alpha value is -2.67. The highest BCUT2D eigenvalue weighted by Crippen LogP contribution is 2.39. The van der Waals surface area contributed by atoms with Crippen LogP contribution in [0.2, 0.25) is 0 Å². The van der Waals surface area contributed by atoms with Crippen molar-refractivity contribution in [1.29, 1.82) is 0 Å². The molecule has 3 aromatic rings. The van der Waals surface area contributed by atoms with Crippen LogP contribution in [0.5, 0.6) is 0 Å². The Labute approximate surface area is 136 Å². The van der Waals surface area contributed by atoms with E-state index < -0.39 is 0 Å². The van der Waals surface area contributed by atoms with E-state index in [9.17, 15) is 4.79 Å². The predicted molar refractivity (Wildman–Crippen MR) is 95.5 cm³/mol. The third kappa shape index (κ3) is 2.39. The normalized spacial score (nSPS) is 17.0. The molecule has 23 heavy (non-hydrogen) atoms. The third-order valence-corrected chi connectivity index (χ3v) is 4.73. The maximum atomic E-state index is 12.7. The summed E-state index contributed by atoms with van der Waals surface area (Å²) in [6, 6.07) is 23.0. The summed E-state index contributed by atoms with van der Waals surface area (Å²) in [7, 11) is 0. The molecule has 0 aliphatic heterocycles. The molecule has 4 rings (SSSR count). The molecule has 0 N–H and O–H groups in total. The fraction of sp³-hybridized carbons (Fsp3) is 0.136. The van der Waals surface area contributed by atoms with Gasteiger partial charge in [-0.05, 0) is 52.5 Å². The number of benzene rings is 3. The standard InChI is InChI=1S/C22H18O/c1-15-13-21(23)20(14-16-7-3-2-4-8-16)22-18(15)12-11-17-9-5-6-10-19(17)22/h2-13,20H,14H2,1H3. The van der Waals surface area contributed by atoms with Crippen LogP contribution in [0.25, 0.3) is 16.3 Å². The molecule has 0 radical (unpaired) electrons. The van der Waals surface area contributed by atoms with Gasteiger partial charge in [-0.15, -0.1) is 0 Å². The van der Waals surface area contributed by atoms with E-state index in [1.807, 2.05) is 37.3 Å². The lowest BCUT2D eigenvalue weighted by atomic mass is 9.77. The molecule has 1 aliphatic rings. The van der Waals surface area contributed by atoms with Gasteiger partial charge in [0.25, 0.3) is 0 Å². The van der Waals surface area contributed by atoms with Crippen LogP contribution in [0, 0.1) is 0 Å². The van der Waals surface area contributed by atoms with Gasteiger partial charge in [0, 0.05) is 0 Å². The molecule has 0 fully saturated rings. The number of carbonyl (C=O) groups excluding carboxylic acids is 1.